The van der Waals surface area contributed by atoms with E-state index in [1.807, 2.05) is 7.05 Å². The molecule has 7 nitrogen and oxygen atoms in total. The predicted octanol–water partition coefficient (Wildman–Crippen LogP) is 3.97. The highest BCUT2D eigenvalue weighted by molar-refractivity contribution is 7.21. The van der Waals surface area contributed by atoms with Gasteiger partial charge in [-0.25, -0.2) is 4.98 Å². The molecule has 1 aliphatic rings. The Hall–Kier alpha value is -3.05. The maximum atomic E-state index is 14.0. The number of aromatic nitrogens is 1. The molecule has 0 saturated carbocycles. The summed E-state index contributed by atoms with van der Waals surface area (Å²) in [6.07, 6.45) is -4.68. The monoisotopic (exact) mass is 480 g/mol. The van der Waals surface area contributed by atoms with Gasteiger partial charge in [0.2, 0.25) is 0 Å². The number of piperazine rings is 1. The van der Waals surface area contributed by atoms with Gasteiger partial charge in [-0.15, -0.1) is 11.3 Å². The number of alkyl halides is 3. The van der Waals surface area contributed by atoms with Crippen LogP contribution in [0.1, 0.15) is 15.2 Å². The fraction of sp³-hybridized carbons (Fsp3) is 0.364. The Bertz CT molecular complexity index is 1200. The molecule has 0 radical (unpaired) electrons. The van der Waals surface area contributed by atoms with E-state index in [0.29, 0.717) is 43.2 Å². The lowest BCUT2D eigenvalue weighted by molar-refractivity contribution is -0.136. The molecule has 0 bridgehead atoms. The third-order valence-corrected chi connectivity index (χ3v) is 6.76. The number of fused-ring (bicyclic) bond motifs is 1. The number of halogens is 3. The Labute approximate surface area is 192 Å². The highest BCUT2D eigenvalue weighted by Crippen LogP contribution is 2.44. The first-order valence-electron chi connectivity index (χ1n) is 10.1. The van der Waals surface area contributed by atoms with Crippen molar-refractivity contribution in [1.29, 1.82) is 0 Å². The van der Waals surface area contributed by atoms with E-state index in [1.165, 1.54) is 14.2 Å². The first-order valence-corrected chi connectivity index (χ1v) is 11.0. The van der Waals surface area contributed by atoms with Gasteiger partial charge in [0.25, 0.3) is 5.91 Å². The zero-order valence-corrected chi connectivity index (χ0v) is 19.1. The van der Waals surface area contributed by atoms with Crippen LogP contribution in [0.2, 0.25) is 0 Å². The van der Waals surface area contributed by atoms with Crippen molar-refractivity contribution in [1.82, 2.24) is 14.8 Å². The number of methoxy groups -OCH3 is 2. The van der Waals surface area contributed by atoms with Crippen molar-refractivity contribution in [3.8, 4) is 22.8 Å². The van der Waals surface area contributed by atoms with Gasteiger partial charge in [0.05, 0.1) is 31.2 Å². The normalized spacial score (nSPS) is 15.2. The Kier molecular flexibility index (Phi) is 6.10. The number of nitrogens with zero attached hydrogens (tertiary/aromatic N) is 3. The van der Waals surface area contributed by atoms with Gasteiger partial charge in [-0.2, -0.15) is 13.2 Å². The molecule has 1 aromatic carbocycles. The number of hydrogen-bond donors (Lipinski definition) is 1. The molecule has 0 spiro atoms. The number of nitrogens with two attached hydrogens (primary N) is 1. The molecule has 33 heavy (non-hydrogen) atoms. The minimum Gasteiger partial charge on any atom is -0.493 e. The molecule has 1 saturated heterocycles. The van der Waals surface area contributed by atoms with Gasteiger partial charge in [-0.05, 0) is 31.3 Å². The summed E-state index contributed by atoms with van der Waals surface area (Å²) in [6, 6.07) is 5.71. The fourth-order valence-corrected chi connectivity index (χ4v) is 4.89. The molecule has 0 unspecified atom stereocenters. The SMILES string of the molecule is COc1ccc(-c2cc(C(F)(F)F)c3c(N)c(C(=O)N4CCN(C)CC4)sc3n2)cc1OC. The molecule has 1 amide bonds. The van der Waals surface area contributed by atoms with Crippen LogP contribution in [-0.2, 0) is 6.18 Å². The van der Waals surface area contributed by atoms with E-state index in [0.717, 1.165) is 17.4 Å². The number of amides is 1. The largest absolute Gasteiger partial charge is 0.493 e. The molecule has 2 aromatic heterocycles. The summed E-state index contributed by atoms with van der Waals surface area (Å²) in [6.45, 7) is 2.34. The maximum Gasteiger partial charge on any atom is 0.417 e. The summed E-state index contributed by atoms with van der Waals surface area (Å²) in [5, 5.41) is -0.241. The van der Waals surface area contributed by atoms with Crippen LogP contribution in [0, 0.1) is 0 Å². The van der Waals surface area contributed by atoms with Crippen LogP contribution in [-0.4, -0.2) is 68.1 Å². The van der Waals surface area contributed by atoms with E-state index in [-0.39, 0.29) is 32.4 Å². The van der Waals surface area contributed by atoms with Gasteiger partial charge in [0.15, 0.2) is 11.5 Å². The number of carbonyl (C=O) groups excluding carboxylic acids is 1. The molecule has 4 rings (SSSR count). The van der Waals surface area contributed by atoms with Crippen molar-refractivity contribution in [3.63, 3.8) is 0 Å². The summed E-state index contributed by atoms with van der Waals surface area (Å²) in [4.78, 5) is 21.3. The van der Waals surface area contributed by atoms with Crippen LogP contribution in [0.5, 0.6) is 11.5 Å². The summed E-state index contributed by atoms with van der Waals surface area (Å²) in [7, 11) is 4.86. The Balaban J connectivity index is 1.85. The Morgan fingerprint density at radius 3 is 2.36 bits per heavy atom. The van der Waals surface area contributed by atoms with E-state index in [9.17, 15) is 18.0 Å². The maximum absolute atomic E-state index is 14.0. The average molecular weight is 481 g/mol. The van der Waals surface area contributed by atoms with Gasteiger partial charge in [-0.3, -0.25) is 4.79 Å². The van der Waals surface area contributed by atoms with Crippen LogP contribution in [0.4, 0.5) is 18.9 Å². The third-order valence-electron chi connectivity index (χ3n) is 5.67. The second kappa shape index (κ2) is 8.71. The van der Waals surface area contributed by atoms with Gasteiger partial charge >= 0.3 is 6.18 Å². The predicted molar refractivity (Wildman–Crippen MR) is 121 cm³/mol. The second-order valence-corrected chi connectivity index (χ2v) is 8.74. The van der Waals surface area contributed by atoms with Crippen LogP contribution < -0.4 is 15.2 Å². The third kappa shape index (κ3) is 4.30. The van der Waals surface area contributed by atoms with Gasteiger partial charge in [0, 0.05) is 37.1 Å². The Morgan fingerprint density at radius 1 is 1.09 bits per heavy atom. The molecule has 11 heteroatoms. The lowest BCUT2D eigenvalue weighted by atomic mass is 10.0. The van der Waals surface area contributed by atoms with Crippen molar-refractivity contribution in [2.75, 3.05) is 53.2 Å². The molecule has 1 aliphatic heterocycles. The van der Waals surface area contributed by atoms with E-state index < -0.39 is 11.7 Å². The van der Waals surface area contributed by atoms with E-state index in [1.54, 1.807) is 23.1 Å². The van der Waals surface area contributed by atoms with Crippen LogP contribution in [0.25, 0.3) is 21.5 Å². The van der Waals surface area contributed by atoms with E-state index >= 15 is 0 Å². The quantitative estimate of drug-likeness (QED) is 0.609. The number of ether oxygens (including phenoxy) is 2. The number of rotatable bonds is 4. The second-order valence-electron chi connectivity index (χ2n) is 7.74. The number of thiophene rings is 1. The van der Waals surface area contributed by atoms with Crippen molar-refractivity contribution in [2.45, 2.75) is 6.18 Å². The molecule has 0 atom stereocenters. The smallest absolute Gasteiger partial charge is 0.417 e. The highest BCUT2D eigenvalue weighted by atomic mass is 32.1. The first kappa shape index (κ1) is 23.1. The first-order chi connectivity index (χ1) is 15.6. The minimum absolute atomic E-state index is 0.0598. The lowest BCUT2D eigenvalue weighted by Gasteiger charge is -2.32. The van der Waals surface area contributed by atoms with E-state index in [4.69, 9.17) is 15.2 Å². The van der Waals surface area contributed by atoms with Gasteiger partial charge in [0.1, 0.15) is 9.71 Å². The zero-order chi connectivity index (χ0) is 23.9. The van der Waals surface area contributed by atoms with Gasteiger partial charge < -0.3 is 25.0 Å². The number of nitrogen functional groups attached to an aromatic ring is 1. The number of benzene rings is 1. The lowest BCUT2D eigenvalue weighted by Crippen LogP contribution is -2.47. The summed E-state index contributed by atoms with van der Waals surface area (Å²) < 4.78 is 52.6. The number of likely N-dealkylation sites (N-methyl/N-ethyl adjacent to an activating group) is 1. The van der Waals surface area contributed by atoms with Gasteiger partial charge in [-0.1, -0.05) is 0 Å². The number of pyridine rings is 1. The summed E-state index contributed by atoms with van der Waals surface area (Å²) >= 11 is 0.886. The van der Waals surface area contributed by atoms with Crippen molar-refractivity contribution in [3.05, 3.63) is 34.7 Å². The summed E-state index contributed by atoms with van der Waals surface area (Å²) in [5.74, 6) is 0.435. The molecular formula is C22H23F3N4O3S. The van der Waals surface area contributed by atoms with Crippen molar-refractivity contribution < 1.29 is 27.4 Å². The number of anilines is 1. The highest BCUT2D eigenvalue weighted by Gasteiger charge is 2.37. The zero-order valence-electron chi connectivity index (χ0n) is 18.3. The topological polar surface area (TPSA) is 80.9 Å². The number of hydrogen-bond acceptors (Lipinski definition) is 7. The summed E-state index contributed by atoms with van der Waals surface area (Å²) in [5.41, 5.74) is 5.52. The average Bonchev–Trinajstić information content (AvgIpc) is 3.13. The van der Waals surface area contributed by atoms with E-state index in [2.05, 4.69) is 9.88 Å². The van der Waals surface area contributed by atoms with Crippen molar-refractivity contribution >= 4 is 33.1 Å². The van der Waals surface area contributed by atoms with Crippen LogP contribution in [0.15, 0.2) is 24.3 Å². The molecule has 3 aromatic rings. The standard InChI is InChI=1S/C22H23F3N4O3S/c1-28-6-8-29(9-7-28)21(30)19-18(26)17-13(22(23,24)25)11-14(27-20(17)33-19)12-4-5-15(31-2)16(10-12)32-3/h4-5,10-11H,6-9,26H2,1-3H3. The fourth-order valence-electron chi connectivity index (χ4n) is 3.80. The molecule has 2 N–H and O–H groups in total. The van der Waals surface area contributed by atoms with Crippen LogP contribution in [0.3, 0.4) is 0 Å². The molecule has 3 heterocycles. The van der Waals surface area contributed by atoms with Crippen LogP contribution >= 0.6 is 11.3 Å². The molecule has 1 fully saturated rings. The molecular weight excluding hydrogens is 457 g/mol. The number of carbonyl (C=O) groups is 1. The minimum atomic E-state index is -4.68. The molecule has 176 valence electrons. The van der Waals surface area contributed by atoms with Crippen molar-refractivity contribution in [2.24, 2.45) is 0 Å². The molecule has 0 aliphatic carbocycles. The Morgan fingerprint density at radius 2 is 1.76 bits per heavy atom.